The van der Waals surface area contributed by atoms with Crippen molar-refractivity contribution >= 4 is 27.5 Å². The van der Waals surface area contributed by atoms with Crippen LogP contribution in [0.15, 0.2) is 22.7 Å². The van der Waals surface area contributed by atoms with Crippen LogP contribution in [0.4, 0.5) is 4.39 Å². The first kappa shape index (κ1) is 13.9. The summed E-state index contributed by atoms with van der Waals surface area (Å²) in [6.07, 6.45) is 0.938. The Morgan fingerprint density at radius 3 is 2.75 bits per heavy atom. The van der Waals surface area contributed by atoms with Crippen LogP contribution >= 0.6 is 27.5 Å². The van der Waals surface area contributed by atoms with Gasteiger partial charge in [-0.05, 0) is 31.6 Å². The summed E-state index contributed by atoms with van der Waals surface area (Å²) in [7, 11) is 0. The van der Waals surface area contributed by atoms with Gasteiger partial charge in [0, 0.05) is 22.5 Å². The predicted octanol–water partition coefficient (Wildman–Crippen LogP) is 4.04. The summed E-state index contributed by atoms with van der Waals surface area (Å²) in [6, 6.07) is 5.20. The van der Waals surface area contributed by atoms with Crippen LogP contribution in [-0.4, -0.2) is 23.9 Å². The molecule has 0 aliphatic rings. The topological polar surface area (TPSA) is 3.24 Å². The summed E-state index contributed by atoms with van der Waals surface area (Å²) in [5.74, 6) is 0.498. The zero-order chi connectivity index (χ0) is 12.0. The normalized spacial score (nSPS) is 11.1. The van der Waals surface area contributed by atoms with Gasteiger partial charge in [-0.3, -0.25) is 4.90 Å². The lowest BCUT2D eigenvalue weighted by Gasteiger charge is -2.20. The molecule has 90 valence electrons. The van der Waals surface area contributed by atoms with E-state index in [2.05, 4.69) is 27.8 Å². The van der Waals surface area contributed by atoms with E-state index in [1.54, 1.807) is 0 Å². The average Bonchev–Trinajstić information content (AvgIpc) is 2.27. The molecule has 0 saturated heterocycles. The molecule has 0 unspecified atom stereocenters. The fraction of sp³-hybridized carbons (Fsp3) is 0.500. The highest BCUT2D eigenvalue weighted by Gasteiger charge is 2.07. The number of nitrogens with zero attached hydrogens (tertiary/aromatic N) is 1. The van der Waals surface area contributed by atoms with Crippen molar-refractivity contribution in [1.29, 1.82) is 0 Å². The molecular weight excluding hydrogens is 292 g/mol. The maximum absolute atomic E-state index is 13.6. The van der Waals surface area contributed by atoms with Crippen molar-refractivity contribution in [3.63, 3.8) is 0 Å². The molecule has 0 atom stereocenters. The van der Waals surface area contributed by atoms with E-state index in [1.807, 2.05) is 12.1 Å². The van der Waals surface area contributed by atoms with Crippen LogP contribution in [-0.2, 0) is 6.54 Å². The average molecular weight is 309 g/mol. The van der Waals surface area contributed by atoms with Gasteiger partial charge in [0.05, 0.1) is 0 Å². The van der Waals surface area contributed by atoms with E-state index in [-0.39, 0.29) is 5.82 Å². The first-order chi connectivity index (χ1) is 7.67. The second-order valence-corrected chi connectivity index (χ2v) is 4.94. The van der Waals surface area contributed by atoms with Crippen LogP contribution in [0.25, 0.3) is 0 Å². The van der Waals surface area contributed by atoms with Gasteiger partial charge < -0.3 is 0 Å². The van der Waals surface area contributed by atoms with E-state index in [9.17, 15) is 4.39 Å². The minimum Gasteiger partial charge on any atom is -0.299 e. The quantitative estimate of drug-likeness (QED) is 0.717. The molecule has 0 amide bonds. The van der Waals surface area contributed by atoms with Crippen molar-refractivity contribution in [2.75, 3.05) is 19.0 Å². The standard InChI is InChI=1S/C12H16BrClFN/c1-2-16(7-3-6-14)9-10-4-5-11(13)8-12(10)15/h4-5,8H,2-3,6-7,9H2,1H3. The third-order valence-electron chi connectivity index (χ3n) is 2.46. The van der Waals surface area contributed by atoms with Crippen LogP contribution in [0, 0.1) is 5.82 Å². The molecule has 0 radical (unpaired) electrons. The summed E-state index contributed by atoms with van der Waals surface area (Å²) in [6.45, 7) is 4.54. The summed E-state index contributed by atoms with van der Waals surface area (Å²) < 4.78 is 14.4. The number of benzene rings is 1. The fourth-order valence-electron chi connectivity index (χ4n) is 1.52. The highest BCUT2D eigenvalue weighted by Crippen LogP contribution is 2.16. The van der Waals surface area contributed by atoms with Crippen LogP contribution in [0.2, 0.25) is 0 Å². The molecule has 1 aromatic rings. The van der Waals surface area contributed by atoms with Crippen molar-refractivity contribution in [2.45, 2.75) is 19.9 Å². The Labute approximate surface area is 110 Å². The molecule has 1 aromatic carbocycles. The highest BCUT2D eigenvalue weighted by atomic mass is 79.9. The Kier molecular flexibility index (Phi) is 6.32. The molecule has 0 fully saturated rings. The fourth-order valence-corrected chi connectivity index (χ4v) is 1.98. The zero-order valence-electron chi connectivity index (χ0n) is 9.35. The van der Waals surface area contributed by atoms with Gasteiger partial charge in [-0.15, -0.1) is 11.6 Å². The van der Waals surface area contributed by atoms with Gasteiger partial charge in [-0.1, -0.05) is 28.9 Å². The van der Waals surface area contributed by atoms with Crippen molar-refractivity contribution in [3.8, 4) is 0 Å². The molecule has 16 heavy (non-hydrogen) atoms. The first-order valence-corrected chi connectivity index (χ1v) is 6.72. The van der Waals surface area contributed by atoms with E-state index < -0.39 is 0 Å². The molecule has 0 spiro atoms. The number of hydrogen-bond acceptors (Lipinski definition) is 1. The molecule has 0 aliphatic carbocycles. The summed E-state index contributed by atoms with van der Waals surface area (Å²) in [5, 5.41) is 0. The molecule has 0 aliphatic heterocycles. The van der Waals surface area contributed by atoms with Gasteiger partial charge in [0.25, 0.3) is 0 Å². The molecule has 0 N–H and O–H groups in total. The van der Waals surface area contributed by atoms with E-state index in [1.165, 1.54) is 6.07 Å². The monoisotopic (exact) mass is 307 g/mol. The van der Waals surface area contributed by atoms with Crippen LogP contribution in [0.5, 0.6) is 0 Å². The maximum atomic E-state index is 13.6. The largest absolute Gasteiger partial charge is 0.299 e. The van der Waals surface area contributed by atoms with Crippen LogP contribution in [0.1, 0.15) is 18.9 Å². The minimum absolute atomic E-state index is 0.154. The summed E-state index contributed by atoms with van der Waals surface area (Å²) >= 11 is 8.90. The van der Waals surface area contributed by atoms with Gasteiger partial charge in [0.1, 0.15) is 5.82 Å². The smallest absolute Gasteiger partial charge is 0.128 e. The molecule has 0 aromatic heterocycles. The van der Waals surface area contributed by atoms with Gasteiger partial charge in [0.15, 0.2) is 0 Å². The zero-order valence-corrected chi connectivity index (χ0v) is 11.7. The first-order valence-electron chi connectivity index (χ1n) is 5.39. The van der Waals surface area contributed by atoms with E-state index in [0.717, 1.165) is 29.5 Å². The molecule has 1 rings (SSSR count). The third-order valence-corrected chi connectivity index (χ3v) is 3.22. The number of rotatable bonds is 6. The Hall–Kier alpha value is -0.120. The van der Waals surface area contributed by atoms with E-state index in [0.29, 0.717) is 12.4 Å². The molecule has 4 heteroatoms. The lowest BCUT2D eigenvalue weighted by atomic mass is 10.2. The molecule has 0 heterocycles. The lowest BCUT2D eigenvalue weighted by Crippen LogP contribution is -2.24. The number of alkyl halides is 1. The second-order valence-electron chi connectivity index (χ2n) is 3.65. The Morgan fingerprint density at radius 1 is 1.44 bits per heavy atom. The van der Waals surface area contributed by atoms with E-state index >= 15 is 0 Å². The summed E-state index contributed by atoms with van der Waals surface area (Å²) in [5.41, 5.74) is 0.736. The molecular formula is C12H16BrClFN. The Morgan fingerprint density at radius 2 is 2.19 bits per heavy atom. The van der Waals surface area contributed by atoms with Crippen molar-refractivity contribution in [2.24, 2.45) is 0 Å². The highest BCUT2D eigenvalue weighted by molar-refractivity contribution is 9.10. The Balaban J connectivity index is 2.62. The number of halogens is 3. The van der Waals surface area contributed by atoms with E-state index in [4.69, 9.17) is 11.6 Å². The van der Waals surface area contributed by atoms with Gasteiger partial charge in [-0.2, -0.15) is 0 Å². The van der Waals surface area contributed by atoms with Crippen LogP contribution < -0.4 is 0 Å². The predicted molar refractivity (Wildman–Crippen MR) is 70.4 cm³/mol. The van der Waals surface area contributed by atoms with Gasteiger partial charge in [-0.25, -0.2) is 4.39 Å². The molecule has 0 bridgehead atoms. The molecule has 1 nitrogen and oxygen atoms in total. The number of hydrogen-bond donors (Lipinski definition) is 0. The summed E-state index contributed by atoms with van der Waals surface area (Å²) in [4.78, 5) is 2.19. The second kappa shape index (κ2) is 7.25. The Bertz CT molecular complexity index is 333. The molecule has 0 saturated carbocycles. The van der Waals surface area contributed by atoms with Crippen molar-refractivity contribution < 1.29 is 4.39 Å². The van der Waals surface area contributed by atoms with Crippen molar-refractivity contribution in [1.82, 2.24) is 4.90 Å². The van der Waals surface area contributed by atoms with Crippen LogP contribution in [0.3, 0.4) is 0 Å². The minimum atomic E-state index is -0.154. The third kappa shape index (κ3) is 4.40. The maximum Gasteiger partial charge on any atom is 0.128 e. The lowest BCUT2D eigenvalue weighted by molar-refractivity contribution is 0.277. The van der Waals surface area contributed by atoms with Crippen molar-refractivity contribution in [3.05, 3.63) is 34.1 Å². The van der Waals surface area contributed by atoms with Gasteiger partial charge in [0.2, 0.25) is 0 Å². The van der Waals surface area contributed by atoms with Gasteiger partial charge >= 0.3 is 0 Å². The SMILES string of the molecule is CCN(CCCCl)Cc1ccc(Br)cc1F.